The van der Waals surface area contributed by atoms with Crippen LogP contribution in [0, 0.1) is 6.92 Å². The Kier molecular flexibility index (Phi) is 3.39. The van der Waals surface area contributed by atoms with Crippen molar-refractivity contribution in [3.63, 3.8) is 0 Å². The van der Waals surface area contributed by atoms with Crippen molar-refractivity contribution in [1.82, 2.24) is 4.90 Å². The van der Waals surface area contributed by atoms with Gasteiger partial charge < -0.3 is 5.73 Å². The Balaban J connectivity index is 2.19. The van der Waals surface area contributed by atoms with Crippen LogP contribution in [0.1, 0.15) is 30.0 Å². The van der Waals surface area contributed by atoms with Crippen molar-refractivity contribution in [3.05, 3.63) is 35.4 Å². The number of nitrogens with zero attached hydrogens (tertiary/aromatic N) is 1. The van der Waals surface area contributed by atoms with Gasteiger partial charge in [0.1, 0.15) is 0 Å². The average Bonchev–Trinajstić information content (AvgIpc) is 2.67. The lowest BCUT2D eigenvalue weighted by molar-refractivity contribution is 0.264. The Morgan fingerprint density at radius 2 is 2.20 bits per heavy atom. The first-order valence-electron chi connectivity index (χ1n) is 5.82. The fourth-order valence-electron chi connectivity index (χ4n) is 2.57. The monoisotopic (exact) mass is 204 g/mol. The SMILES string of the molecule is Cc1ccccc1C1CCCN1CCN. The second kappa shape index (κ2) is 4.77. The summed E-state index contributed by atoms with van der Waals surface area (Å²) in [7, 11) is 0. The van der Waals surface area contributed by atoms with E-state index in [-0.39, 0.29) is 0 Å². The first kappa shape index (κ1) is 10.7. The van der Waals surface area contributed by atoms with E-state index in [0.29, 0.717) is 6.04 Å². The molecule has 0 aliphatic carbocycles. The molecule has 1 aromatic carbocycles. The van der Waals surface area contributed by atoms with Gasteiger partial charge in [-0.2, -0.15) is 0 Å². The molecular weight excluding hydrogens is 184 g/mol. The summed E-state index contributed by atoms with van der Waals surface area (Å²) in [5, 5.41) is 0. The summed E-state index contributed by atoms with van der Waals surface area (Å²) in [4.78, 5) is 2.52. The van der Waals surface area contributed by atoms with E-state index >= 15 is 0 Å². The van der Waals surface area contributed by atoms with Gasteiger partial charge in [0.05, 0.1) is 0 Å². The van der Waals surface area contributed by atoms with Crippen molar-refractivity contribution >= 4 is 0 Å². The maximum absolute atomic E-state index is 5.65. The normalized spacial score (nSPS) is 22.1. The Morgan fingerprint density at radius 3 is 2.93 bits per heavy atom. The maximum Gasteiger partial charge on any atom is 0.0351 e. The molecule has 1 fully saturated rings. The highest BCUT2D eigenvalue weighted by atomic mass is 15.2. The van der Waals surface area contributed by atoms with Crippen molar-refractivity contribution in [2.45, 2.75) is 25.8 Å². The van der Waals surface area contributed by atoms with Crippen LogP contribution in [0.3, 0.4) is 0 Å². The molecule has 1 atom stereocenters. The Hall–Kier alpha value is -0.860. The smallest absolute Gasteiger partial charge is 0.0351 e. The number of nitrogens with two attached hydrogens (primary N) is 1. The predicted molar refractivity (Wildman–Crippen MR) is 63.8 cm³/mol. The molecule has 15 heavy (non-hydrogen) atoms. The van der Waals surface area contributed by atoms with Crippen LogP contribution in [-0.2, 0) is 0 Å². The van der Waals surface area contributed by atoms with Crippen molar-refractivity contribution in [3.8, 4) is 0 Å². The van der Waals surface area contributed by atoms with Crippen molar-refractivity contribution < 1.29 is 0 Å². The van der Waals surface area contributed by atoms with E-state index in [0.717, 1.165) is 13.1 Å². The number of rotatable bonds is 3. The summed E-state index contributed by atoms with van der Waals surface area (Å²) < 4.78 is 0. The minimum atomic E-state index is 0.606. The standard InChI is InChI=1S/C13H20N2/c1-11-5-2-3-6-12(11)13-7-4-9-15(13)10-8-14/h2-3,5-6,13H,4,7-10,14H2,1H3. The molecule has 1 heterocycles. The summed E-state index contributed by atoms with van der Waals surface area (Å²) >= 11 is 0. The van der Waals surface area contributed by atoms with Crippen LogP contribution in [0.5, 0.6) is 0 Å². The summed E-state index contributed by atoms with van der Waals surface area (Å²) in [6.45, 7) is 5.20. The molecule has 82 valence electrons. The lowest BCUT2D eigenvalue weighted by Gasteiger charge is -2.25. The zero-order chi connectivity index (χ0) is 10.7. The molecule has 1 aliphatic rings. The molecule has 1 unspecified atom stereocenters. The van der Waals surface area contributed by atoms with Gasteiger partial charge in [-0.1, -0.05) is 24.3 Å². The molecule has 2 N–H and O–H groups in total. The van der Waals surface area contributed by atoms with Gasteiger partial charge in [0, 0.05) is 19.1 Å². The lowest BCUT2D eigenvalue weighted by atomic mass is 9.99. The summed E-state index contributed by atoms with van der Waals surface area (Å²) in [5.74, 6) is 0. The largest absolute Gasteiger partial charge is 0.329 e. The summed E-state index contributed by atoms with van der Waals surface area (Å²) in [6.07, 6.45) is 2.59. The molecule has 0 amide bonds. The minimum absolute atomic E-state index is 0.606. The first-order chi connectivity index (χ1) is 7.33. The van der Waals surface area contributed by atoms with Gasteiger partial charge in [0.15, 0.2) is 0 Å². The fraction of sp³-hybridized carbons (Fsp3) is 0.538. The van der Waals surface area contributed by atoms with Gasteiger partial charge in [-0.05, 0) is 37.4 Å². The van der Waals surface area contributed by atoms with Gasteiger partial charge in [-0.15, -0.1) is 0 Å². The van der Waals surface area contributed by atoms with E-state index in [2.05, 4.69) is 36.1 Å². The van der Waals surface area contributed by atoms with E-state index in [1.807, 2.05) is 0 Å². The van der Waals surface area contributed by atoms with Crippen LogP contribution in [0.2, 0.25) is 0 Å². The predicted octanol–water partition coefficient (Wildman–Crippen LogP) is 2.09. The number of hydrogen-bond acceptors (Lipinski definition) is 2. The molecule has 0 spiro atoms. The lowest BCUT2D eigenvalue weighted by Crippen LogP contribution is -2.29. The molecule has 0 radical (unpaired) electrons. The van der Waals surface area contributed by atoms with Crippen molar-refractivity contribution in [1.29, 1.82) is 0 Å². The molecule has 0 saturated carbocycles. The minimum Gasteiger partial charge on any atom is -0.329 e. The molecule has 1 aromatic rings. The fourth-order valence-corrected chi connectivity index (χ4v) is 2.57. The van der Waals surface area contributed by atoms with E-state index in [1.54, 1.807) is 0 Å². The van der Waals surface area contributed by atoms with E-state index < -0.39 is 0 Å². The third kappa shape index (κ3) is 2.21. The Bertz CT molecular complexity index is 322. The van der Waals surface area contributed by atoms with E-state index in [4.69, 9.17) is 5.73 Å². The van der Waals surface area contributed by atoms with Gasteiger partial charge in [0.2, 0.25) is 0 Å². The second-order valence-electron chi connectivity index (χ2n) is 4.34. The average molecular weight is 204 g/mol. The quantitative estimate of drug-likeness (QED) is 0.817. The van der Waals surface area contributed by atoms with Crippen LogP contribution in [0.4, 0.5) is 0 Å². The zero-order valence-corrected chi connectivity index (χ0v) is 9.45. The highest BCUT2D eigenvalue weighted by molar-refractivity contribution is 5.29. The molecule has 2 rings (SSSR count). The molecule has 1 saturated heterocycles. The molecule has 0 aromatic heterocycles. The topological polar surface area (TPSA) is 29.3 Å². The Morgan fingerprint density at radius 1 is 1.40 bits per heavy atom. The van der Waals surface area contributed by atoms with E-state index in [9.17, 15) is 0 Å². The summed E-state index contributed by atoms with van der Waals surface area (Å²) in [6, 6.07) is 9.32. The van der Waals surface area contributed by atoms with Crippen molar-refractivity contribution in [2.24, 2.45) is 5.73 Å². The first-order valence-corrected chi connectivity index (χ1v) is 5.82. The summed E-state index contributed by atoms with van der Waals surface area (Å²) in [5.41, 5.74) is 8.54. The number of hydrogen-bond donors (Lipinski definition) is 1. The van der Waals surface area contributed by atoms with E-state index in [1.165, 1.54) is 30.5 Å². The third-order valence-corrected chi connectivity index (χ3v) is 3.33. The molecular formula is C13H20N2. The number of aryl methyl sites for hydroxylation is 1. The second-order valence-corrected chi connectivity index (χ2v) is 4.34. The molecule has 2 nitrogen and oxygen atoms in total. The van der Waals surface area contributed by atoms with Gasteiger partial charge >= 0.3 is 0 Å². The number of benzene rings is 1. The van der Waals surface area contributed by atoms with Crippen LogP contribution in [-0.4, -0.2) is 24.5 Å². The Labute approximate surface area is 92.1 Å². The van der Waals surface area contributed by atoms with Crippen molar-refractivity contribution in [2.75, 3.05) is 19.6 Å². The van der Waals surface area contributed by atoms with Crippen LogP contribution < -0.4 is 5.73 Å². The maximum atomic E-state index is 5.65. The van der Waals surface area contributed by atoms with Crippen LogP contribution in [0.15, 0.2) is 24.3 Å². The van der Waals surface area contributed by atoms with Crippen LogP contribution in [0.25, 0.3) is 0 Å². The van der Waals surface area contributed by atoms with Gasteiger partial charge in [-0.25, -0.2) is 0 Å². The van der Waals surface area contributed by atoms with Gasteiger partial charge in [-0.3, -0.25) is 4.90 Å². The third-order valence-electron chi connectivity index (χ3n) is 3.33. The van der Waals surface area contributed by atoms with Gasteiger partial charge in [0.25, 0.3) is 0 Å². The zero-order valence-electron chi connectivity index (χ0n) is 9.45. The molecule has 0 bridgehead atoms. The highest BCUT2D eigenvalue weighted by Crippen LogP contribution is 2.32. The van der Waals surface area contributed by atoms with Crippen LogP contribution >= 0.6 is 0 Å². The molecule has 2 heteroatoms. The number of likely N-dealkylation sites (tertiary alicyclic amines) is 1. The molecule has 1 aliphatic heterocycles. The highest BCUT2D eigenvalue weighted by Gasteiger charge is 2.25.